The highest BCUT2D eigenvalue weighted by atomic mass is 16.5. The van der Waals surface area contributed by atoms with Crippen LogP contribution in [0.4, 0.5) is 11.7 Å². The van der Waals surface area contributed by atoms with Gasteiger partial charge in [0.15, 0.2) is 0 Å². The van der Waals surface area contributed by atoms with Crippen LogP contribution in [0.2, 0.25) is 0 Å². The van der Waals surface area contributed by atoms with Crippen molar-refractivity contribution in [3.63, 3.8) is 0 Å². The van der Waals surface area contributed by atoms with E-state index in [2.05, 4.69) is 27.8 Å². The zero-order chi connectivity index (χ0) is 14.4. The number of ether oxygens (including phenoxy) is 1. The number of methoxy groups -OCH3 is 1. The number of hydrogen-bond donors (Lipinski definition) is 2. The molecule has 0 aliphatic rings. The molecule has 0 fully saturated rings. The van der Waals surface area contributed by atoms with E-state index in [0.717, 1.165) is 24.4 Å². The van der Waals surface area contributed by atoms with Crippen molar-refractivity contribution in [2.75, 3.05) is 19.0 Å². The van der Waals surface area contributed by atoms with E-state index in [-0.39, 0.29) is 6.04 Å². The molecule has 20 heavy (non-hydrogen) atoms. The first-order valence-electron chi connectivity index (χ1n) is 6.70. The Hall–Kier alpha value is -2.08. The van der Waals surface area contributed by atoms with Gasteiger partial charge in [-0.2, -0.15) is 0 Å². The Kier molecular flexibility index (Phi) is 4.95. The molecule has 0 amide bonds. The van der Waals surface area contributed by atoms with Crippen molar-refractivity contribution in [1.82, 2.24) is 15.5 Å². The Morgan fingerprint density at radius 3 is 2.65 bits per heavy atom. The van der Waals surface area contributed by atoms with Gasteiger partial charge in [0.25, 0.3) is 0 Å². The number of hydrogen-bond acceptors (Lipinski definition) is 6. The van der Waals surface area contributed by atoms with Crippen molar-refractivity contribution in [2.45, 2.75) is 26.3 Å². The number of aromatic nitrogens is 2. The second kappa shape index (κ2) is 6.91. The first-order valence-corrected chi connectivity index (χ1v) is 6.70. The van der Waals surface area contributed by atoms with Crippen LogP contribution in [0.15, 0.2) is 28.7 Å². The molecule has 6 nitrogen and oxygen atoms in total. The fourth-order valence-corrected chi connectivity index (χ4v) is 1.71. The summed E-state index contributed by atoms with van der Waals surface area (Å²) in [6, 6.07) is 7.95. The third-order valence-electron chi connectivity index (χ3n) is 2.85. The molecule has 1 aromatic carbocycles. The Labute approximate surface area is 118 Å². The van der Waals surface area contributed by atoms with Gasteiger partial charge in [-0.1, -0.05) is 12.0 Å². The number of nitrogens with one attached hydrogen (secondary N) is 2. The maximum Gasteiger partial charge on any atom is 0.320 e. The quantitative estimate of drug-likeness (QED) is 0.810. The topological polar surface area (TPSA) is 72.2 Å². The third-order valence-corrected chi connectivity index (χ3v) is 2.85. The van der Waals surface area contributed by atoms with E-state index >= 15 is 0 Å². The summed E-state index contributed by atoms with van der Waals surface area (Å²) in [5.41, 5.74) is 0.871. The first kappa shape index (κ1) is 14.3. The van der Waals surface area contributed by atoms with Crippen LogP contribution in [-0.4, -0.2) is 23.9 Å². The lowest BCUT2D eigenvalue weighted by Crippen LogP contribution is -2.19. The van der Waals surface area contributed by atoms with Gasteiger partial charge in [-0.15, -0.1) is 5.10 Å². The van der Waals surface area contributed by atoms with Crippen LogP contribution in [-0.2, 0) is 0 Å². The van der Waals surface area contributed by atoms with Crippen molar-refractivity contribution in [1.29, 1.82) is 0 Å². The molecule has 0 aliphatic carbocycles. The number of benzene rings is 1. The summed E-state index contributed by atoms with van der Waals surface area (Å²) in [5.74, 6) is 1.38. The molecule has 1 unspecified atom stereocenters. The minimum absolute atomic E-state index is 0.0499. The SMILES string of the molecule is CCCNC(C)c1nnc(Nc2ccc(OC)cc2)o1. The Bertz CT molecular complexity index is 524. The minimum Gasteiger partial charge on any atom is -0.497 e. The van der Waals surface area contributed by atoms with E-state index in [9.17, 15) is 0 Å². The molecule has 0 bridgehead atoms. The Balaban J connectivity index is 1.97. The fourth-order valence-electron chi connectivity index (χ4n) is 1.71. The first-order chi connectivity index (χ1) is 9.72. The van der Waals surface area contributed by atoms with Crippen molar-refractivity contribution < 1.29 is 9.15 Å². The molecule has 6 heteroatoms. The van der Waals surface area contributed by atoms with Gasteiger partial charge in [0.1, 0.15) is 5.75 Å². The summed E-state index contributed by atoms with van der Waals surface area (Å²) in [7, 11) is 1.64. The maximum atomic E-state index is 5.58. The zero-order valence-corrected chi connectivity index (χ0v) is 12.0. The average Bonchev–Trinajstić information content (AvgIpc) is 2.94. The molecule has 2 N–H and O–H groups in total. The van der Waals surface area contributed by atoms with Crippen LogP contribution in [0, 0.1) is 0 Å². The lowest BCUT2D eigenvalue weighted by Gasteiger charge is -2.07. The second-order valence-corrected chi connectivity index (χ2v) is 4.47. The summed E-state index contributed by atoms with van der Waals surface area (Å²) in [6.45, 7) is 5.04. The zero-order valence-electron chi connectivity index (χ0n) is 12.0. The van der Waals surface area contributed by atoms with E-state index < -0.39 is 0 Å². The van der Waals surface area contributed by atoms with Crippen molar-refractivity contribution in [3.05, 3.63) is 30.2 Å². The average molecular weight is 276 g/mol. The molecule has 0 aliphatic heterocycles. The van der Waals surface area contributed by atoms with E-state index in [4.69, 9.17) is 9.15 Å². The van der Waals surface area contributed by atoms with Crippen LogP contribution in [0.5, 0.6) is 5.75 Å². The monoisotopic (exact) mass is 276 g/mol. The summed E-state index contributed by atoms with van der Waals surface area (Å²) < 4.78 is 10.7. The highest BCUT2D eigenvalue weighted by molar-refractivity contribution is 5.53. The molecule has 0 spiro atoms. The summed E-state index contributed by atoms with van der Waals surface area (Å²) in [4.78, 5) is 0. The maximum absolute atomic E-state index is 5.58. The van der Waals surface area contributed by atoms with Gasteiger partial charge in [-0.05, 0) is 44.2 Å². The highest BCUT2D eigenvalue weighted by Crippen LogP contribution is 2.20. The van der Waals surface area contributed by atoms with Gasteiger partial charge >= 0.3 is 6.01 Å². The third kappa shape index (κ3) is 3.71. The van der Waals surface area contributed by atoms with E-state index in [0.29, 0.717) is 11.9 Å². The minimum atomic E-state index is 0.0499. The molecule has 1 atom stereocenters. The van der Waals surface area contributed by atoms with Crippen molar-refractivity contribution >= 4 is 11.7 Å². The van der Waals surface area contributed by atoms with E-state index in [1.54, 1.807) is 7.11 Å². The molecular formula is C14H20N4O2. The van der Waals surface area contributed by atoms with Crippen LogP contribution < -0.4 is 15.4 Å². The van der Waals surface area contributed by atoms with Gasteiger partial charge in [0, 0.05) is 5.69 Å². The summed E-state index contributed by atoms with van der Waals surface area (Å²) in [6.07, 6.45) is 1.06. The molecule has 0 saturated heterocycles. The van der Waals surface area contributed by atoms with Gasteiger partial charge < -0.3 is 19.8 Å². The molecular weight excluding hydrogens is 256 g/mol. The Morgan fingerprint density at radius 2 is 2.00 bits per heavy atom. The summed E-state index contributed by atoms with van der Waals surface area (Å²) in [5, 5.41) is 14.4. The molecule has 0 saturated carbocycles. The summed E-state index contributed by atoms with van der Waals surface area (Å²) >= 11 is 0. The largest absolute Gasteiger partial charge is 0.497 e. The molecule has 2 rings (SSSR count). The molecule has 1 aromatic heterocycles. The number of rotatable bonds is 7. The molecule has 0 radical (unpaired) electrons. The van der Waals surface area contributed by atoms with E-state index in [1.165, 1.54) is 0 Å². The fraction of sp³-hybridized carbons (Fsp3) is 0.429. The smallest absolute Gasteiger partial charge is 0.320 e. The van der Waals surface area contributed by atoms with Crippen molar-refractivity contribution in [3.8, 4) is 5.75 Å². The lowest BCUT2D eigenvalue weighted by molar-refractivity contribution is 0.415. The number of nitrogens with zero attached hydrogens (tertiary/aromatic N) is 2. The van der Waals surface area contributed by atoms with Gasteiger partial charge in [0.2, 0.25) is 5.89 Å². The van der Waals surface area contributed by atoms with Crippen molar-refractivity contribution in [2.24, 2.45) is 0 Å². The van der Waals surface area contributed by atoms with Crippen LogP contribution in [0.25, 0.3) is 0 Å². The predicted molar refractivity (Wildman–Crippen MR) is 77.3 cm³/mol. The molecule has 1 heterocycles. The highest BCUT2D eigenvalue weighted by Gasteiger charge is 2.13. The second-order valence-electron chi connectivity index (χ2n) is 4.47. The van der Waals surface area contributed by atoms with Gasteiger partial charge in [0.05, 0.1) is 13.2 Å². The van der Waals surface area contributed by atoms with Gasteiger partial charge in [-0.3, -0.25) is 0 Å². The van der Waals surface area contributed by atoms with Crippen LogP contribution in [0.1, 0.15) is 32.2 Å². The Morgan fingerprint density at radius 1 is 1.25 bits per heavy atom. The predicted octanol–water partition coefficient (Wildman–Crippen LogP) is 2.88. The molecule has 108 valence electrons. The number of anilines is 2. The van der Waals surface area contributed by atoms with Crippen LogP contribution in [0.3, 0.4) is 0 Å². The van der Waals surface area contributed by atoms with Crippen LogP contribution >= 0.6 is 0 Å². The normalized spacial score (nSPS) is 12.2. The molecule has 2 aromatic rings. The van der Waals surface area contributed by atoms with E-state index in [1.807, 2.05) is 31.2 Å². The van der Waals surface area contributed by atoms with Gasteiger partial charge in [-0.25, -0.2) is 0 Å². The lowest BCUT2D eigenvalue weighted by atomic mass is 10.3. The standard InChI is InChI=1S/C14H20N4O2/c1-4-9-15-10(2)13-17-18-14(20-13)16-11-5-7-12(19-3)8-6-11/h5-8,10,15H,4,9H2,1-3H3,(H,16,18).